The highest BCUT2D eigenvalue weighted by molar-refractivity contribution is 6.42. The molecule has 0 radical (unpaired) electrons. The molecule has 2 rings (SSSR count). The average molecular weight is 344 g/mol. The second kappa shape index (κ2) is 8.11. The fraction of sp³-hybridized carbons (Fsp3) is 0. The Labute approximate surface area is 141 Å². The van der Waals surface area contributed by atoms with Crippen LogP contribution in [0.1, 0.15) is 5.56 Å². The van der Waals surface area contributed by atoms with E-state index < -0.39 is 17.7 Å². The number of hydrogen-bond acceptors (Lipinski definition) is 8. The molecule has 2 aromatic carbocycles. The minimum Gasteiger partial charge on any atom is -0.476 e. The molecule has 0 aliphatic rings. The number of ether oxygens (including phenoxy) is 2. The number of carbonyl (C=O) groups is 2. The Morgan fingerprint density at radius 3 is 1.88 bits per heavy atom. The Balaban J connectivity index is 2.05. The molecule has 128 valence electrons. The van der Waals surface area contributed by atoms with Crippen LogP contribution in [-0.2, 0) is 9.59 Å². The Kier molecular flexibility index (Phi) is 5.67. The van der Waals surface area contributed by atoms with Gasteiger partial charge in [0.1, 0.15) is 17.2 Å². The standard InChI is InChI=1S/C16H12N2O7/c19-14(9-17-22)25-13-7-5-12(6-8-13)24-11-3-1-10(2-4-11)15(18-23)16(20)21/h1-9,22-23H,(H,20,21)/b17-9+,18-15+. The first kappa shape index (κ1) is 17.5. The summed E-state index contributed by atoms with van der Waals surface area (Å²) in [4.78, 5) is 22.0. The zero-order valence-corrected chi connectivity index (χ0v) is 12.6. The van der Waals surface area contributed by atoms with Crippen LogP contribution in [-0.4, -0.2) is 39.4 Å². The minimum absolute atomic E-state index is 0.218. The maximum Gasteiger partial charge on any atom is 0.358 e. The van der Waals surface area contributed by atoms with E-state index in [1.807, 2.05) is 0 Å². The van der Waals surface area contributed by atoms with E-state index in [0.717, 1.165) is 0 Å². The number of esters is 1. The van der Waals surface area contributed by atoms with E-state index in [4.69, 9.17) is 25.0 Å². The maximum atomic E-state index is 11.1. The van der Waals surface area contributed by atoms with Crippen molar-refractivity contribution >= 4 is 23.9 Å². The van der Waals surface area contributed by atoms with E-state index in [1.54, 1.807) is 12.1 Å². The van der Waals surface area contributed by atoms with Gasteiger partial charge in [0.05, 0.1) is 0 Å². The van der Waals surface area contributed by atoms with E-state index in [1.165, 1.54) is 36.4 Å². The van der Waals surface area contributed by atoms with Gasteiger partial charge in [-0.25, -0.2) is 9.59 Å². The average Bonchev–Trinajstić information content (AvgIpc) is 2.59. The van der Waals surface area contributed by atoms with Gasteiger partial charge in [0.25, 0.3) is 0 Å². The molecule has 3 N–H and O–H groups in total. The lowest BCUT2D eigenvalue weighted by Crippen LogP contribution is -2.14. The summed E-state index contributed by atoms with van der Waals surface area (Å²) in [7, 11) is 0. The largest absolute Gasteiger partial charge is 0.476 e. The number of hydrogen-bond donors (Lipinski definition) is 3. The molecule has 0 unspecified atom stereocenters. The Morgan fingerprint density at radius 1 is 0.880 bits per heavy atom. The van der Waals surface area contributed by atoms with Gasteiger partial charge in [-0.3, -0.25) is 0 Å². The summed E-state index contributed by atoms with van der Waals surface area (Å²) in [5, 5.41) is 31.1. The van der Waals surface area contributed by atoms with Gasteiger partial charge >= 0.3 is 11.9 Å². The maximum absolute atomic E-state index is 11.1. The number of carboxylic acids is 1. The third-order valence-electron chi connectivity index (χ3n) is 2.87. The van der Waals surface area contributed by atoms with Gasteiger partial charge in [-0.2, -0.15) is 0 Å². The van der Waals surface area contributed by atoms with Crippen LogP contribution >= 0.6 is 0 Å². The van der Waals surface area contributed by atoms with Gasteiger partial charge in [0, 0.05) is 5.56 Å². The number of carbonyl (C=O) groups excluding carboxylic acids is 1. The lowest BCUT2D eigenvalue weighted by molar-refractivity contribution is -0.129. The summed E-state index contributed by atoms with van der Waals surface area (Å²) in [6, 6.07) is 11.9. The van der Waals surface area contributed by atoms with Crippen LogP contribution in [0.25, 0.3) is 0 Å². The van der Waals surface area contributed by atoms with Crippen LogP contribution < -0.4 is 9.47 Å². The third-order valence-corrected chi connectivity index (χ3v) is 2.87. The molecule has 25 heavy (non-hydrogen) atoms. The van der Waals surface area contributed by atoms with Crippen LogP contribution in [0.5, 0.6) is 17.2 Å². The van der Waals surface area contributed by atoms with Crippen LogP contribution in [0.4, 0.5) is 0 Å². The van der Waals surface area contributed by atoms with Crippen molar-refractivity contribution < 1.29 is 34.6 Å². The normalized spacial score (nSPS) is 11.3. The van der Waals surface area contributed by atoms with Crippen LogP contribution in [0.3, 0.4) is 0 Å². The smallest absolute Gasteiger partial charge is 0.358 e. The summed E-state index contributed by atoms with van der Waals surface area (Å²) in [6.45, 7) is 0. The fourth-order valence-corrected chi connectivity index (χ4v) is 1.81. The second-order valence-corrected chi connectivity index (χ2v) is 4.52. The van der Waals surface area contributed by atoms with Crippen LogP contribution in [0, 0.1) is 0 Å². The Bertz CT molecular complexity index is 811. The van der Waals surface area contributed by atoms with Crippen molar-refractivity contribution in [1.29, 1.82) is 0 Å². The molecule has 0 amide bonds. The molecule has 0 aliphatic heterocycles. The zero-order valence-electron chi connectivity index (χ0n) is 12.6. The van der Waals surface area contributed by atoms with Crippen molar-refractivity contribution in [3.05, 3.63) is 54.1 Å². The van der Waals surface area contributed by atoms with Gasteiger partial charge in [0.15, 0.2) is 11.9 Å². The summed E-state index contributed by atoms with van der Waals surface area (Å²) < 4.78 is 10.4. The van der Waals surface area contributed by atoms with Gasteiger partial charge in [-0.15, -0.1) is 0 Å². The topological polar surface area (TPSA) is 138 Å². The number of nitrogens with zero attached hydrogens (tertiary/aromatic N) is 2. The summed E-state index contributed by atoms with van der Waals surface area (Å²) >= 11 is 0. The van der Waals surface area contributed by atoms with Crippen molar-refractivity contribution in [1.82, 2.24) is 0 Å². The summed E-state index contributed by atoms with van der Waals surface area (Å²) in [5.74, 6) is -1.09. The van der Waals surface area contributed by atoms with Crippen molar-refractivity contribution in [3.63, 3.8) is 0 Å². The van der Waals surface area contributed by atoms with Gasteiger partial charge in [0.2, 0.25) is 0 Å². The first-order chi connectivity index (χ1) is 12.0. The molecule has 0 aromatic heterocycles. The molecule has 0 saturated heterocycles. The molecule has 9 heteroatoms. The predicted octanol–water partition coefficient (Wildman–Crippen LogP) is 2.11. The highest BCUT2D eigenvalue weighted by Crippen LogP contribution is 2.24. The highest BCUT2D eigenvalue weighted by Gasteiger charge is 2.13. The van der Waals surface area contributed by atoms with Gasteiger partial charge < -0.3 is 25.0 Å². The lowest BCUT2D eigenvalue weighted by Gasteiger charge is -2.07. The van der Waals surface area contributed by atoms with Crippen molar-refractivity contribution in [3.8, 4) is 17.2 Å². The van der Waals surface area contributed by atoms with E-state index in [2.05, 4.69) is 10.3 Å². The van der Waals surface area contributed by atoms with Crippen LogP contribution in [0.15, 0.2) is 58.8 Å². The first-order valence-electron chi connectivity index (χ1n) is 6.76. The monoisotopic (exact) mass is 344 g/mol. The number of oxime groups is 2. The quantitative estimate of drug-likeness (QED) is 0.240. The summed E-state index contributed by atoms with van der Waals surface area (Å²) in [6.07, 6.45) is 0.618. The minimum atomic E-state index is -1.35. The van der Waals surface area contributed by atoms with E-state index in [9.17, 15) is 9.59 Å². The first-order valence-corrected chi connectivity index (χ1v) is 6.76. The molecule has 0 bridgehead atoms. The lowest BCUT2D eigenvalue weighted by atomic mass is 10.1. The number of rotatable bonds is 6. The van der Waals surface area contributed by atoms with E-state index >= 15 is 0 Å². The SMILES string of the molecule is O=C(/C=N/O)Oc1ccc(Oc2ccc(/C(=N\O)C(=O)O)cc2)cc1. The molecule has 9 nitrogen and oxygen atoms in total. The third kappa shape index (κ3) is 4.79. The van der Waals surface area contributed by atoms with Crippen molar-refractivity contribution in [2.45, 2.75) is 0 Å². The number of carboxylic acid groups (broad SMARTS) is 1. The fourth-order valence-electron chi connectivity index (χ4n) is 1.81. The second-order valence-electron chi connectivity index (χ2n) is 4.52. The molecule has 0 fully saturated rings. The van der Waals surface area contributed by atoms with Crippen LogP contribution in [0.2, 0.25) is 0 Å². The molecule has 0 aliphatic carbocycles. The van der Waals surface area contributed by atoms with E-state index in [0.29, 0.717) is 17.7 Å². The number of aliphatic carboxylic acids is 1. The molecule has 0 atom stereocenters. The molecule has 2 aromatic rings. The van der Waals surface area contributed by atoms with Gasteiger partial charge in [-0.1, -0.05) is 10.3 Å². The predicted molar refractivity (Wildman–Crippen MR) is 84.8 cm³/mol. The molecular weight excluding hydrogens is 332 g/mol. The Hall–Kier alpha value is -3.88. The highest BCUT2D eigenvalue weighted by atomic mass is 16.5. The molecular formula is C16H12N2O7. The van der Waals surface area contributed by atoms with Crippen molar-refractivity contribution in [2.75, 3.05) is 0 Å². The molecule has 0 saturated carbocycles. The van der Waals surface area contributed by atoms with Crippen molar-refractivity contribution in [2.24, 2.45) is 10.3 Å². The van der Waals surface area contributed by atoms with Gasteiger partial charge in [-0.05, 0) is 48.5 Å². The molecule has 0 heterocycles. The summed E-state index contributed by atoms with van der Waals surface area (Å²) in [5.41, 5.74) is -0.265. The zero-order chi connectivity index (χ0) is 18.2. The molecule has 0 spiro atoms. The Morgan fingerprint density at radius 2 is 1.40 bits per heavy atom. The van der Waals surface area contributed by atoms with E-state index in [-0.39, 0.29) is 11.3 Å². The number of benzene rings is 2.